The molecule has 3 aliphatic carbocycles. The summed E-state index contributed by atoms with van der Waals surface area (Å²) in [6.45, 7) is 3.98. The third-order valence-electron chi connectivity index (χ3n) is 17.7. The molecule has 11 aliphatic rings. The molecule has 0 spiro atoms. The van der Waals surface area contributed by atoms with E-state index >= 15 is 0 Å². The summed E-state index contributed by atoms with van der Waals surface area (Å²) < 4.78 is 0. The number of anilines is 2. The molecule has 0 amide bonds. The highest BCUT2D eigenvalue weighted by atomic mass is 15.5. The van der Waals surface area contributed by atoms with E-state index in [-0.39, 0.29) is 6.17 Å². The monoisotopic (exact) mass is 757 g/mol. The second kappa shape index (κ2) is 12.3. The lowest BCUT2D eigenvalue weighted by Gasteiger charge is -2.68. The van der Waals surface area contributed by atoms with E-state index in [4.69, 9.17) is 9.97 Å². The molecule has 1 aromatic heterocycles. The molecule has 14 unspecified atom stereocenters. The Morgan fingerprint density at radius 1 is 0.561 bits per heavy atom. The number of para-hydroxylation sites is 2. The van der Waals surface area contributed by atoms with E-state index in [0.29, 0.717) is 65.9 Å². The second-order valence-electron chi connectivity index (χ2n) is 19.7. The fraction of sp³-hybridized carbons (Fsp3) is 0.574. The molecule has 2 aromatic carbocycles. The maximum Gasteiger partial charge on any atom is 0.159 e. The zero-order valence-corrected chi connectivity index (χ0v) is 33.0. The number of nitrogens with zero attached hydrogens (tertiary/aromatic N) is 6. The molecule has 9 nitrogen and oxygen atoms in total. The van der Waals surface area contributed by atoms with Gasteiger partial charge in [-0.2, -0.15) is 0 Å². The Balaban J connectivity index is 0.975. The SMILES string of the molecule is c1ccc(N2C3=C(C4CCCCC42)C2NCCC4B5C6CCCC7C8=C(N(c9ccccc9)C9NCCNC89)N(C8CC(c9ncccn9)CC(C58)N3C42)C67)cc1. The summed E-state index contributed by atoms with van der Waals surface area (Å²) in [6.07, 6.45) is 17.3. The van der Waals surface area contributed by atoms with Crippen LogP contribution in [-0.2, 0) is 0 Å². The van der Waals surface area contributed by atoms with Crippen molar-refractivity contribution in [3.63, 3.8) is 0 Å². The number of piperazine rings is 1. The van der Waals surface area contributed by atoms with E-state index in [1.165, 1.54) is 69.3 Å². The lowest BCUT2D eigenvalue weighted by atomic mass is 9.18. The van der Waals surface area contributed by atoms with E-state index in [9.17, 15) is 0 Å². The number of nitrogens with one attached hydrogen (secondary N) is 3. The normalized spacial score (nSPS) is 42.0. The highest BCUT2D eigenvalue weighted by molar-refractivity contribution is 6.65. The quantitative estimate of drug-likeness (QED) is 0.273. The minimum atomic E-state index is 0.256. The van der Waals surface area contributed by atoms with E-state index in [0.717, 1.165) is 50.1 Å². The molecule has 3 N–H and O–H groups in total. The van der Waals surface area contributed by atoms with Gasteiger partial charge >= 0.3 is 0 Å². The summed E-state index contributed by atoms with van der Waals surface area (Å²) in [5.74, 6) is 7.96. The summed E-state index contributed by atoms with van der Waals surface area (Å²) in [5.41, 5.74) is 6.29. The number of fused-ring (bicyclic) bond motifs is 12. The number of piperidine rings is 1. The maximum atomic E-state index is 5.08. The highest BCUT2D eigenvalue weighted by Crippen LogP contribution is 2.69. The van der Waals surface area contributed by atoms with Gasteiger partial charge in [0.1, 0.15) is 23.6 Å². The van der Waals surface area contributed by atoms with Gasteiger partial charge in [-0.05, 0) is 104 Å². The van der Waals surface area contributed by atoms with Crippen molar-refractivity contribution in [3.05, 3.63) is 108 Å². The minimum Gasteiger partial charge on any atom is -0.352 e. The third-order valence-corrected chi connectivity index (χ3v) is 17.7. The van der Waals surface area contributed by atoms with Crippen molar-refractivity contribution in [1.29, 1.82) is 0 Å². The van der Waals surface area contributed by atoms with Gasteiger partial charge in [0.15, 0.2) is 6.71 Å². The molecule has 8 aliphatic heterocycles. The molecule has 3 aromatic rings. The van der Waals surface area contributed by atoms with Gasteiger partial charge in [0.25, 0.3) is 0 Å². The smallest absolute Gasteiger partial charge is 0.159 e. The maximum absolute atomic E-state index is 5.08. The van der Waals surface area contributed by atoms with Crippen molar-refractivity contribution in [2.24, 2.45) is 11.8 Å². The first-order valence-electron chi connectivity index (χ1n) is 23.1. The van der Waals surface area contributed by atoms with Gasteiger partial charge in [0.2, 0.25) is 0 Å². The first kappa shape index (κ1) is 33.0. The Hall–Kier alpha value is -3.86. The number of hydrogen-bond acceptors (Lipinski definition) is 9. The summed E-state index contributed by atoms with van der Waals surface area (Å²) >= 11 is 0. The van der Waals surface area contributed by atoms with Crippen molar-refractivity contribution < 1.29 is 0 Å². The predicted molar refractivity (Wildman–Crippen MR) is 225 cm³/mol. The zero-order chi connectivity index (χ0) is 36.9. The molecular formula is C47H56BN9. The predicted octanol–water partition coefficient (Wildman–Crippen LogP) is 6.16. The number of aromatic nitrogens is 2. The van der Waals surface area contributed by atoms with E-state index in [2.05, 4.69) is 96.2 Å². The van der Waals surface area contributed by atoms with Crippen LogP contribution in [0, 0.1) is 11.8 Å². The Labute approximate surface area is 337 Å². The van der Waals surface area contributed by atoms with Crippen LogP contribution in [-0.4, -0.2) is 94.6 Å². The zero-order valence-electron chi connectivity index (χ0n) is 33.0. The van der Waals surface area contributed by atoms with Gasteiger partial charge in [-0.3, -0.25) is 5.32 Å². The van der Waals surface area contributed by atoms with Crippen LogP contribution in [0.2, 0.25) is 17.5 Å². The third kappa shape index (κ3) is 4.32. The lowest BCUT2D eigenvalue weighted by molar-refractivity contribution is 0.0127. The Bertz CT molecular complexity index is 2000. The summed E-state index contributed by atoms with van der Waals surface area (Å²) in [4.78, 5) is 22.2. The topological polar surface area (TPSA) is 74.8 Å². The largest absolute Gasteiger partial charge is 0.352 e. The van der Waals surface area contributed by atoms with Crippen LogP contribution in [0.1, 0.15) is 76.0 Å². The second-order valence-corrected chi connectivity index (χ2v) is 19.7. The Morgan fingerprint density at radius 3 is 2.02 bits per heavy atom. The van der Waals surface area contributed by atoms with Crippen molar-refractivity contribution >= 4 is 18.1 Å². The van der Waals surface area contributed by atoms with E-state index in [1.807, 2.05) is 18.5 Å². The molecule has 4 saturated heterocycles. The molecule has 57 heavy (non-hydrogen) atoms. The highest BCUT2D eigenvalue weighted by Gasteiger charge is 2.72. The lowest BCUT2D eigenvalue weighted by Crippen LogP contribution is -2.74. The fourth-order valence-corrected chi connectivity index (χ4v) is 16.4. The summed E-state index contributed by atoms with van der Waals surface area (Å²) in [6, 6.07) is 28.5. The van der Waals surface area contributed by atoms with Crippen LogP contribution in [0.15, 0.2) is 102 Å². The molecule has 10 heteroatoms. The average molecular weight is 758 g/mol. The Kier molecular flexibility index (Phi) is 7.15. The molecule has 7 fully saturated rings. The van der Waals surface area contributed by atoms with Gasteiger partial charge < -0.3 is 30.2 Å². The fourth-order valence-electron chi connectivity index (χ4n) is 16.4. The standard InChI is InChI=1S/C47H56BN9/c1-3-11-28(12-4-1)54-34-18-8-7-15-30(34)37-40-43-33(19-22-49-40)48-32-17-9-16-31-38-41-45(53-24-23-50-41)55(29-13-5-2-6-14-29)47(38)56(42(31)32)35-25-27(44-51-20-10-21-52-44)26-36(39(35)48)57(43)46(37)54/h1-6,10-14,20-21,27,30-36,39-43,45,49-50,53H,7-9,15-19,22-26H2. The number of rotatable bonds is 3. The molecule has 9 heterocycles. The van der Waals surface area contributed by atoms with E-state index < -0.39 is 0 Å². The average Bonchev–Trinajstić information content (AvgIpc) is 4.00. The molecular weight excluding hydrogens is 701 g/mol. The van der Waals surface area contributed by atoms with Crippen molar-refractivity contribution in [2.45, 2.75) is 136 Å². The minimum absolute atomic E-state index is 0.256. The van der Waals surface area contributed by atoms with Crippen LogP contribution >= 0.6 is 0 Å². The van der Waals surface area contributed by atoms with Crippen LogP contribution in [0.3, 0.4) is 0 Å². The van der Waals surface area contributed by atoms with Crippen LogP contribution in [0.4, 0.5) is 11.4 Å². The van der Waals surface area contributed by atoms with Crippen LogP contribution < -0.4 is 25.8 Å². The van der Waals surface area contributed by atoms with Crippen molar-refractivity contribution in [2.75, 3.05) is 29.4 Å². The molecule has 14 rings (SSSR count). The Morgan fingerprint density at radius 2 is 1.21 bits per heavy atom. The van der Waals surface area contributed by atoms with Gasteiger partial charge in [0.05, 0.1) is 12.1 Å². The van der Waals surface area contributed by atoms with Crippen molar-refractivity contribution in [3.8, 4) is 0 Å². The molecule has 292 valence electrons. The van der Waals surface area contributed by atoms with Crippen LogP contribution in [0.25, 0.3) is 0 Å². The summed E-state index contributed by atoms with van der Waals surface area (Å²) in [7, 11) is 0. The van der Waals surface area contributed by atoms with Crippen molar-refractivity contribution in [1.82, 2.24) is 35.7 Å². The molecule has 0 radical (unpaired) electrons. The van der Waals surface area contributed by atoms with Crippen LogP contribution in [0.5, 0.6) is 0 Å². The molecule has 0 bridgehead atoms. The first-order chi connectivity index (χ1) is 28.3. The van der Waals surface area contributed by atoms with Gasteiger partial charge in [-0.1, -0.05) is 62.1 Å². The molecule has 3 saturated carbocycles. The summed E-state index contributed by atoms with van der Waals surface area (Å²) in [5, 5.41) is 12.5. The van der Waals surface area contributed by atoms with Gasteiger partial charge in [-0.25, -0.2) is 9.97 Å². The van der Waals surface area contributed by atoms with Gasteiger partial charge in [-0.15, -0.1) is 0 Å². The van der Waals surface area contributed by atoms with E-state index in [1.54, 1.807) is 22.8 Å². The number of hydrogen-bond donors (Lipinski definition) is 3. The first-order valence-corrected chi connectivity index (χ1v) is 23.1. The molecule has 14 atom stereocenters. The van der Waals surface area contributed by atoms with Gasteiger partial charge in [0, 0.05) is 84.8 Å². The number of benzene rings is 2.